The van der Waals surface area contributed by atoms with Crippen molar-refractivity contribution in [3.8, 4) is 0 Å². The average Bonchev–Trinajstić information content (AvgIpc) is 3.07. The Bertz CT molecular complexity index is 906. The number of amides is 2. The van der Waals surface area contributed by atoms with E-state index in [4.69, 9.17) is 9.15 Å². The molecule has 29 heavy (non-hydrogen) atoms. The number of carbonyl (C=O) groups is 3. The number of fused-ring (bicyclic) bond motifs is 1. The van der Waals surface area contributed by atoms with Gasteiger partial charge in [-0.15, -0.1) is 0 Å². The third kappa shape index (κ3) is 5.47. The van der Waals surface area contributed by atoms with E-state index in [0.717, 1.165) is 12.0 Å². The first kappa shape index (κ1) is 20.6. The second kappa shape index (κ2) is 8.51. The fourth-order valence-electron chi connectivity index (χ4n) is 3.17. The molecule has 1 aliphatic carbocycles. The van der Waals surface area contributed by atoms with E-state index >= 15 is 0 Å². The van der Waals surface area contributed by atoms with Gasteiger partial charge in [-0.05, 0) is 51.3 Å². The third-order valence-electron chi connectivity index (χ3n) is 4.49. The minimum Gasteiger partial charge on any atom is -0.468 e. The van der Waals surface area contributed by atoms with Gasteiger partial charge in [0.15, 0.2) is 5.78 Å². The summed E-state index contributed by atoms with van der Waals surface area (Å²) in [6.45, 7) is 5.89. The van der Waals surface area contributed by atoms with Crippen LogP contribution >= 0.6 is 0 Å². The fraction of sp³-hybridized carbons (Fsp3) is 0.409. The molecule has 7 nitrogen and oxygen atoms in total. The summed E-state index contributed by atoms with van der Waals surface area (Å²) < 4.78 is 10.6. The maximum absolute atomic E-state index is 12.6. The molecule has 0 radical (unpaired) electrons. The van der Waals surface area contributed by atoms with Gasteiger partial charge in [0.25, 0.3) is 5.91 Å². The van der Waals surface area contributed by atoms with Gasteiger partial charge in [-0.3, -0.25) is 9.59 Å². The van der Waals surface area contributed by atoms with Crippen molar-refractivity contribution in [1.29, 1.82) is 0 Å². The molecule has 0 unspecified atom stereocenters. The summed E-state index contributed by atoms with van der Waals surface area (Å²) in [5.41, 5.74) is 1.81. The number of carbonyl (C=O) groups excluding carboxylic acids is 3. The van der Waals surface area contributed by atoms with E-state index in [-0.39, 0.29) is 17.3 Å². The van der Waals surface area contributed by atoms with Crippen molar-refractivity contribution < 1.29 is 23.5 Å². The molecule has 2 N–H and O–H groups in total. The van der Waals surface area contributed by atoms with Crippen molar-refractivity contribution in [3.05, 3.63) is 53.0 Å². The van der Waals surface area contributed by atoms with Gasteiger partial charge >= 0.3 is 6.09 Å². The Kier molecular flexibility index (Phi) is 6.06. The predicted octanol–water partition coefficient (Wildman–Crippen LogP) is 4.12. The molecule has 0 saturated carbocycles. The molecule has 3 rings (SSSR count). The molecule has 1 heterocycles. The summed E-state index contributed by atoms with van der Waals surface area (Å²) >= 11 is 0. The monoisotopic (exact) mass is 398 g/mol. The van der Waals surface area contributed by atoms with E-state index in [1.165, 1.54) is 6.26 Å². The summed E-state index contributed by atoms with van der Waals surface area (Å²) in [5, 5.41) is 5.51. The first-order chi connectivity index (χ1) is 13.7. The van der Waals surface area contributed by atoms with Crippen molar-refractivity contribution >= 4 is 23.5 Å². The first-order valence-electron chi connectivity index (χ1n) is 9.73. The lowest BCUT2D eigenvalue weighted by Crippen LogP contribution is -2.33. The maximum Gasteiger partial charge on any atom is 0.407 e. The van der Waals surface area contributed by atoms with Crippen LogP contribution in [0.4, 0.5) is 10.5 Å². The quantitative estimate of drug-likeness (QED) is 0.790. The highest BCUT2D eigenvalue weighted by atomic mass is 16.6. The molecule has 0 spiro atoms. The lowest BCUT2D eigenvalue weighted by Gasteiger charge is -2.19. The van der Waals surface area contributed by atoms with Crippen LogP contribution in [0.5, 0.6) is 0 Å². The molecule has 0 fully saturated rings. The summed E-state index contributed by atoms with van der Waals surface area (Å²) in [7, 11) is 0. The van der Waals surface area contributed by atoms with Gasteiger partial charge in [0, 0.05) is 25.1 Å². The zero-order valence-corrected chi connectivity index (χ0v) is 17.0. The molecular weight excluding hydrogens is 372 g/mol. The lowest BCUT2D eigenvalue weighted by atomic mass is 9.94. The molecule has 154 valence electrons. The van der Waals surface area contributed by atoms with Gasteiger partial charge < -0.3 is 19.8 Å². The Balaban J connectivity index is 1.53. The molecule has 0 atom stereocenters. The number of nitrogens with one attached hydrogen (secondary N) is 2. The standard InChI is InChI=1S/C22H26N2O5/c1-22(2,3)29-21(27)23-12-11-14-7-9-15(10-8-14)24-20(26)16-13-28-18-6-4-5-17(25)19(16)18/h7-10,13H,4-6,11-12H2,1-3H3,(H,23,27)(H,24,26). The van der Waals surface area contributed by atoms with Gasteiger partial charge in [-0.25, -0.2) is 4.79 Å². The third-order valence-corrected chi connectivity index (χ3v) is 4.49. The minimum absolute atomic E-state index is 0.0435. The highest BCUT2D eigenvalue weighted by Crippen LogP contribution is 2.27. The van der Waals surface area contributed by atoms with Gasteiger partial charge in [0.1, 0.15) is 17.6 Å². The van der Waals surface area contributed by atoms with E-state index in [1.54, 1.807) is 12.1 Å². The number of benzene rings is 1. The molecule has 7 heteroatoms. The smallest absolute Gasteiger partial charge is 0.407 e. The number of ether oxygens (including phenoxy) is 1. The highest BCUT2D eigenvalue weighted by molar-refractivity contribution is 6.13. The van der Waals surface area contributed by atoms with Crippen LogP contribution in [0.3, 0.4) is 0 Å². The Morgan fingerprint density at radius 1 is 1.14 bits per heavy atom. The van der Waals surface area contributed by atoms with E-state index in [0.29, 0.717) is 42.8 Å². The van der Waals surface area contributed by atoms with Crippen LogP contribution in [0.2, 0.25) is 0 Å². The Morgan fingerprint density at radius 2 is 1.86 bits per heavy atom. The summed E-state index contributed by atoms with van der Waals surface area (Å²) in [6.07, 6.45) is 3.43. The van der Waals surface area contributed by atoms with Gasteiger partial charge in [0.05, 0.1) is 11.1 Å². The molecule has 0 aliphatic heterocycles. The second-order valence-electron chi connectivity index (χ2n) is 8.05. The number of aryl methyl sites for hydroxylation is 1. The van der Waals surface area contributed by atoms with Gasteiger partial charge in [-0.2, -0.15) is 0 Å². The van der Waals surface area contributed by atoms with E-state index in [1.807, 2.05) is 32.9 Å². The van der Waals surface area contributed by atoms with Crippen LogP contribution < -0.4 is 10.6 Å². The first-order valence-corrected chi connectivity index (χ1v) is 9.73. The van der Waals surface area contributed by atoms with Crippen molar-refractivity contribution in [3.63, 3.8) is 0 Å². The van der Waals surface area contributed by atoms with E-state index in [9.17, 15) is 14.4 Å². The number of furan rings is 1. The number of rotatable bonds is 5. The van der Waals surface area contributed by atoms with Crippen LogP contribution in [-0.4, -0.2) is 29.9 Å². The molecule has 1 aromatic heterocycles. The summed E-state index contributed by atoms with van der Waals surface area (Å²) in [4.78, 5) is 36.3. The van der Waals surface area contributed by atoms with Crippen LogP contribution in [0.25, 0.3) is 0 Å². The van der Waals surface area contributed by atoms with Crippen LogP contribution in [-0.2, 0) is 17.6 Å². The molecule has 2 aromatic rings. The Labute approximate surface area is 169 Å². The molecule has 1 aromatic carbocycles. The van der Waals surface area contributed by atoms with Crippen LogP contribution in [0, 0.1) is 0 Å². The lowest BCUT2D eigenvalue weighted by molar-refractivity contribution is 0.0528. The SMILES string of the molecule is CC(C)(C)OC(=O)NCCc1ccc(NC(=O)c2coc3c2C(=O)CCC3)cc1. The minimum atomic E-state index is -0.525. The van der Waals surface area contributed by atoms with Crippen molar-refractivity contribution in [2.24, 2.45) is 0 Å². The number of anilines is 1. The average molecular weight is 398 g/mol. The fourth-order valence-corrected chi connectivity index (χ4v) is 3.17. The number of hydrogen-bond donors (Lipinski definition) is 2. The predicted molar refractivity (Wildman–Crippen MR) is 108 cm³/mol. The number of hydrogen-bond acceptors (Lipinski definition) is 5. The van der Waals surface area contributed by atoms with E-state index in [2.05, 4.69) is 10.6 Å². The molecule has 2 amide bonds. The largest absolute Gasteiger partial charge is 0.468 e. The van der Waals surface area contributed by atoms with Crippen molar-refractivity contribution in [1.82, 2.24) is 5.32 Å². The van der Waals surface area contributed by atoms with Crippen LogP contribution in [0.15, 0.2) is 34.9 Å². The summed E-state index contributed by atoms with van der Waals surface area (Å²) in [5.74, 6) is 0.196. The van der Waals surface area contributed by atoms with Crippen LogP contribution in [0.1, 0.15) is 65.7 Å². The zero-order valence-electron chi connectivity index (χ0n) is 17.0. The number of Topliss-reactive ketones (excluding diaryl/α,β-unsaturated/α-hetero) is 1. The zero-order chi connectivity index (χ0) is 21.0. The molecular formula is C22H26N2O5. The maximum atomic E-state index is 12.6. The van der Waals surface area contributed by atoms with E-state index < -0.39 is 11.7 Å². The summed E-state index contributed by atoms with van der Waals surface area (Å²) in [6, 6.07) is 7.33. The highest BCUT2D eigenvalue weighted by Gasteiger charge is 2.27. The topological polar surface area (TPSA) is 97.6 Å². The molecule has 0 bridgehead atoms. The molecule has 1 aliphatic rings. The molecule has 0 saturated heterocycles. The Hall–Kier alpha value is -3.09. The van der Waals surface area contributed by atoms with Gasteiger partial charge in [0.2, 0.25) is 0 Å². The second-order valence-corrected chi connectivity index (χ2v) is 8.05. The van der Waals surface area contributed by atoms with Crippen molar-refractivity contribution in [2.45, 2.75) is 52.1 Å². The Morgan fingerprint density at radius 3 is 2.55 bits per heavy atom. The van der Waals surface area contributed by atoms with Gasteiger partial charge in [-0.1, -0.05) is 12.1 Å². The number of alkyl carbamates (subject to hydrolysis) is 1. The normalized spacial score (nSPS) is 13.6. The number of ketones is 1. The van der Waals surface area contributed by atoms with Crippen molar-refractivity contribution in [2.75, 3.05) is 11.9 Å².